The number of para-hydroxylation sites is 7. The van der Waals surface area contributed by atoms with Crippen LogP contribution < -0.4 is 4.90 Å². The van der Waals surface area contributed by atoms with Gasteiger partial charge in [0.2, 0.25) is 0 Å². The van der Waals surface area contributed by atoms with Gasteiger partial charge in [-0.2, -0.15) is 0 Å². The highest BCUT2D eigenvalue weighted by Crippen LogP contribution is 2.39. The number of nitrogens with zero attached hydrogens (tertiary/aromatic N) is 4. The summed E-state index contributed by atoms with van der Waals surface area (Å²) in [7, 11) is 0. The lowest BCUT2D eigenvalue weighted by molar-refractivity contribution is 0.669. The lowest BCUT2D eigenvalue weighted by Crippen LogP contribution is -2.09. The molecule has 0 spiro atoms. The first-order valence-corrected chi connectivity index (χ1v) is 21.6. The molecule has 0 radical (unpaired) electrons. The lowest BCUT2D eigenvalue weighted by atomic mass is 10.0. The number of hydrogen-bond acceptors (Lipinski definition) is 3. The van der Waals surface area contributed by atoms with Crippen LogP contribution in [0.1, 0.15) is 0 Å². The highest BCUT2D eigenvalue weighted by Gasteiger charge is 2.17. The maximum atomic E-state index is 6.01. The third kappa shape index (κ3) is 6.38. The van der Waals surface area contributed by atoms with Crippen molar-refractivity contribution in [3.63, 3.8) is 0 Å². The van der Waals surface area contributed by atoms with Gasteiger partial charge in [-0.25, -0.2) is 4.98 Å². The minimum absolute atomic E-state index is 0.918. The Labute approximate surface area is 369 Å². The Bertz CT molecular complexity index is 3530. The fourth-order valence-corrected chi connectivity index (χ4v) is 9.33. The van der Waals surface area contributed by atoms with E-state index >= 15 is 0 Å². The molecule has 0 amide bonds. The Morgan fingerprint density at radius 2 is 0.703 bits per heavy atom. The molecule has 13 aromatic rings. The third-order valence-corrected chi connectivity index (χ3v) is 12.2. The molecule has 0 N–H and O–H groups in total. The van der Waals surface area contributed by atoms with Gasteiger partial charge in [0.05, 0.1) is 22.1 Å². The predicted molar refractivity (Wildman–Crippen MR) is 267 cm³/mol. The van der Waals surface area contributed by atoms with E-state index in [4.69, 9.17) is 9.40 Å². The van der Waals surface area contributed by atoms with Crippen molar-refractivity contribution in [1.29, 1.82) is 0 Å². The zero-order valence-electron chi connectivity index (χ0n) is 34.8. The first-order valence-electron chi connectivity index (χ1n) is 21.6. The molecular weight excluding hydrogens is 781 g/mol. The minimum atomic E-state index is 0.918. The summed E-state index contributed by atoms with van der Waals surface area (Å²) in [5, 5.41) is 7.26. The van der Waals surface area contributed by atoms with E-state index in [1.807, 2.05) is 24.3 Å². The van der Waals surface area contributed by atoms with E-state index in [9.17, 15) is 0 Å². The summed E-state index contributed by atoms with van der Waals surface area (Å²) in [5.41, 5.74) is 12.2. The quantitative estimate of drug-likeness (QED) is 0.168. The summed E-state index contributed by atoms with van der Waals surface area (Å²) in [4.78, 5) is 7.47. The molecule has 9 aromatic carbocycles. The van der Waals surface area contributed by atoms with Crippen LogP contribution in [-0.2, 0) is 0 Å². The summed E-state index contributed by atoms with van der Waals surface area (Å²) in [6, 6.07) is 84.8. The second kappa shape index (κ2) is 15.7. The molecule has 0 atom stereocenters. The van der Waals surface area contributed by atoms with Crippen LogP contribution in [-0.4, -0.2) is 14.1 Å². The maximum Gasteiger partial charge on any atom is 0.140 e. The normalized spacial score (nSPS) is 11.4. The first kappa shape index (κ1) is 37.1. The summed E-state index contributed by atoms with van der Waals surface area (Å²) in [6.07, 6.45) is 0. The van der Waals surface area contributed by atoms with E-state index in [2.05, 4.69) is 232 Å². The van der Waals surface area contributed by atoms with Crippen molar-refractivity contribution in [2.45, 2.75) is 0 Å². The van der Waals surface area contributed by atoms with Crippen LogP contribution in [0.15, 0.2) is 247 Å². The topological polar surface area (TPSA) is 39.1 Å². The number of fused-ring (bicyclic) bond motifs is 9. The number of anilines is 3. The van der Waals surface area contributed by atoms with Crippen molar-refractivity contribution < 1.29 is 4.42 Å². The Morgan fingerprint density at radius 1 is 0.297 bits per heavy atom. The van der Waals surface area contributed by atoms with Gasteiger partial charge in [0, 0.05) is 49.4 Å². The van der Waals surface area contributed by atoms with E-state index in [0.29, 0.717) is 0 Å². The Morgan fingerprint density at radius 3 is 1.23 bits per heavy atom. The van der Waals surface area contributed by atoms with Gasteiger partial charge in [0.1, 0.15) is 22.8 Å². The smallest absolute Gasteiger partial charge is 0.140 e. The van der Waals surface area contributed by atoms with Crippen LogP contribution >= 0.6 is 0 Å². The van der Waals surface area contributed by atoms with Gasteiger partial charge in [0.15, 0.2) is 0 Å². The SMILES string of the molecule is c1cc(-n2c3ccccc3c3ccccc32)nc(-n2c3ccccc3c3ccccc32)c1.c1ccc(N(c2ccccc2)c2cccc(-c3ccc4oc5ccccc5c4c3)c2)cc1. The maximum absolute atomic E-state index is 6.01. The van der Waals surface area contributed by atoms with Crippen LogP contribution in [0.4, 0.5) is 17.1 Å². The molecule has 4 heterocycles. The van der Waals surface area contributed by atoms with Crippen LogP contribution in [0.2, 0.25) is 0 Å². The summed E-state index contributed by atoms with van der Waals surface area (Å²) >= 11 is 0. The van der Waals surface area contributed by atoms with E-state index in [1.54, 1.807) is 0 Å². The van der Waals surface area contributed by atoms with E-state index in [0.717, 1.165) is 50.6 Å². The Balaban J connectivity index is 0.000000135. The fraction of sp³-hybridized carbons (Fsp3) is 0. The molecule has 5 nitrogen and oxygen atoms in total. The molecule has 0 fully saturated rings. The highest BCUT2D eigenvalue weighted by molar-refractivity contribution is 6.10. The molecule has 5 heteroatoms. The van der Waals surface area contributed by atoms with Gasteiger partial charge >= 0.3 is 0 Å². The number of hydrogen-bond donors (Lipinski definition) is 0. The third-order valence-electron chi connectivity index (χ3n) is 12.2. The molecule has 0 aliphatic heterocycles. The Hall–Kier alpha value is -8.67. The van der Waals surface area contributed by atoms with Crippen LogP contribution in [0.3, 0.4) is 0 Å². The van der Waals surface area contributed by atoms with Gasteiger partial charge in [-0.15, -0.1) is 0 Å². The molecule has 0 bridgehead atoms. The van der Waals surface area contributed by atoms with Crippen molar-refractivity contribution in [3.8, 4) is 22.8 Å². The van der Waals surface area contributed by atoms with Crippen molar-refractivity contribution >= 4 is 82.6 Å². The van der Waals surface area contributed by atoms with E-state index < -0.39 is 0 Å². The van der Waals surface area contributed by atoms with Crippen LogP contribution in [0, 0.1) is 0 Å². The first-order chi connectivity index (χ1) is 31.8. The molecule has 302 valence electrons. The molecule has 13 rings (SSSR count). The molecule has 0 unspecified atom stereocenters. The summed E-state index contributed by atoms with van der Waals surface area (Å²) in [6.45, 7) is 0. The number of rotatable bonds is 6. The zero-order chi connectivity index (χ0) is 42.4. The average Bonchev–Trinajstić information content (AvgIpc) is 4.03. The molecular formula is C59H40N4O. The van der Waals surface area contributed by atoms with Crippen LogP contribution in [0.5, 0.6) is 0 Å². The van der Waals surface area contributed by atoms with E-state index in [-0.39, 0.29) is 0 Å². The second-order valence-corrected chi connectivity index (χ2v) is 16.0. The van der Waals surface area contributed by atoms with Crippen molar-refractivity contribution in [1.82, 2.24) is 14.1 Å². The second-order valence-electron chi connectivity index (χ2n) is 16.0. The standard InChI is InChI=1S/C30H21NO.C29H19N3/c1-3-11-24(12-4-1)31(25-13-5-2-6-14-25)26-15-9-10-22(20-26)23-18-19-30-28(21-23)27-16-7-8-17-29(27)32-30;1-5-14-24-20(10-1)21-11-2-6-15-25(21)31(24)28-18-9-19-29(30-28)32-26-16-7-3-12-22(26)23-13-4-8-17-27(23)32/h1-21H;1-19H. The predicted octanol–water partition coefficient (Wildman–Crippen LogP) is 16.0. The van der Waals surface area contributed by atoms with Gasteiger partial charge < -0.3 is 9.32 Å². The Kier molecular flexibility index (Phi) is 9.08. The van der Waals surface area contributed by atoms with Gasteiger partial charge in [-0.1, -0.05) is 152 Å². The van der Waals surface area contributed by atoms with Crippen molar-refractivity contribution in [2.75, 3.05) is 4.90 Å². The van der Waals surface area contributed by atoms with Crippen molar-refractivity contribution in [3.05, 3.63) is 243 Å². The number of furan rings is 1. The van der Waals surface area contributed by atoms with Gasteiger partial charge in [0.25, 0.3) is 0 Å². The molecule has 0 saturated heterocycles. The monoisotopic (exact) mass is 820 g/mol. The van der Waals surface area contributed by atoms with E-state index in [1.165, 1.54) is 54.7 Å². The molecule has 4 aromatic heterocycles. The summed E-state index contributed by atoms with van der Waals surface area (Å²) in [5.74, 6) is 1.84. The number of benzene rings is 9. The largest absolute Gasteiger partial charge is 0.456 e. The number of aromatic nitrogens is 3. The number of pyridine rings is 1. The summed E-state index contributed by atoms with van der Waals surface area (Å²) < 4.78 is 10.5. The van der Waals surface area contributed by atoms with Crippen LogP contribution in [0.25, 0.3) is 88.3 Å². The average molecular weight is 821 g/mol. The lowest BCUT2D eigenvalue weighted by Gasteiger charge is -2.25. The van der Waals surface area contributed by atoms with Crippen molar-refractivity contribution in [2.24, 2.45) is 0 Å². The molecule has 64 heavy (non-hydrogen) atoms. The van der Waals surface area contributed by atoms with Gasteiger partial charge in [-0.3, -0.25) is 9.13 Å². The molecule has 0 aliphatic carbocycles. The van der Waals surface area contributed by atoms with Gasteiger partial charge in [-0.05, 0) is 102 Å². The molecule has 0 saturated carbocycles. The zero-order valence-corrected chi connectivity index (χ0v) is 34.8. The minimum Gasteiger partial charge on any atom is -0.456 e. The molecule has 0 aliphatic rings. The highest BCUT2D eigenvalue weighted by atomic mass is 16.3. The fourth-order valence-electron chi connectivity index (χ4n) is 9.33.